The number of aryl methyl sites for hydroxylation is 1. The molecule has 5 nitrogen and oxygen atoms in total. The van der Waals surface area contributed by atoms with E-state index in [1.54, 1.807) is 13.0 Å². The van der Waals surface area contributed by atoms with E-state index in [9.17, 15) is 9.50 Å². The first-order chi connectivity index (χ1) is 19.0. The summed E-state index contributed by atoms with van der Waals surface area (Å²) in [5.74, 6) is 1.49. The van der Waals surface area contributed by atoms with Gasteiger partial charge in [0, 0.05) is 42.0 Å². The normalized spacial score (nSPS) is 20.9. The van der Waals surface area contributed by atoms with Crippen molar-refractivity contribution in [3.05, 3.63) is 107 Å². The average Bonchev–Trinajstić information content (AvgIpc) is 3.54. The summed E-state index contributed by atoms with van der Waals surface area (Å²) in [4.78, 5) is 1.32. The molecule has 0 saturated carbocycles. The lowest BCUT2D eigenvalue weighted by Crippen LogP contribution is -3.13. The van der Waals surface area contributed by atoms with Crippen LogP contribution < -0.4 is 9.64 Å². The van der Waals surface area contributed by atoms with E-state index in [2.05, 4.69) is 23.7 Å². The predicted molar refractivity (Wildman–Crippen MR) is 151 cm³/mol. The first-order valence-electron chi connectivity index (χ1n) is 13.5. The number of rotatable bonds is 6. The summed E-state index contributed by atoms with van der Waals surface area (Å²) in [5.41, 5.74) is 3.46. The van der Waals surface area contributed by atoms with Gasteiger partial charge in [0.2, 0.25) is 0 Å². The standard InChI is InChI=1S/C31H31FN2O3.CH3Cl/c1-3-21-14-15-34(19-29(21)36-22-13-12-20(2)28(32)16-22)18-23-17-30(33-37-23)31(35)26-10-6-4-8-24(26)25-9-5-7-11-27(25)31;1-2/h4-13,16-17,21,29,35H,3,14-15,18-19H2,1-2H3;1H3/p+1. The predicted octanol–water partition coefficient (Wildman–Crippen LogP) is 5.50. The number of nitrogens with one attached hydrogen (secondary N) is 1. The first kappa shape index (κ1) is 27.4. The zero-order valence-electron chi connectivity index (χ0n) is 22.6. The van der Waals surface area contributed by atoms with Crippen LogP contribution in [0.5, 0.6) is 5.75 Å². The van der Waals surface area contributed by atoms with Gasteiger partial charge in [0.1, 0.15) is 30.4 Å². The molecule has 0 amide bonds. The van der Waals surface area contributed by atoms with Gasteiger partial charge < -0.3 is 19.3 Å². The van der Waals surface area contributed by atoms with E-state index in [1.807, 2.05) is 60.7 Å². The van der Waals surface area contributed by atoms with E-state index in [0.717, 1.165) is 53.9 Å². The Kier molecular flexibility index (Phi) is 8.08. The maximum atomic E-state index is 14.1. The maximum Gasteiger partial charge on any atom is 0.191 e. The average molecular weight is 550 g/mol. The fourth-order valence-corrected chi connectivity index (χ4v) is 6.02. The molecule has 4 aromatic rings. The van der Waals surface area contributed by atoms with Crippen LogP contribution in [0, 0.1) is 18.7 Å². The Labute approximate surface area is 234 Å². The van der Waals surface area contributed by atoms with Gasteiger partial charge in [-0.05, 0) is 36.1 Å². The third-order valence-corrected chi connectivity index (χ3v) is 8.12. The molecule has 1 saturated heterocycles. The van der Waals surface area contributed by atoms with Gasteiger partial charge >= 0.3 is 0 Å². The van der Waals surface area contributed by atoms with Crippen LogP contribution in [0.3, 0.4) is 0 Å². The third kappa shape index (κ3) is 5.09. The molecule has 0 spiro atoms. The van der Waals surface area contributed by atoms with Gasteiger partial charge in [0.05, 0.1) is 6.54 Å². The fourth-order valence-electron chi connectivity index (χ4n) is 6.02. The molecule has 0 radical (unpaired) electrons. The molecule has 2 N–H and O–H groups in total. The molecule has 7 heteroatoms. The number of halogens is 2. The Morgan fingerprint density at radius 2 is 1.72 bits per heavy atom. The van der Waals surface area contributed by atoms with Gasteiger partial charge in [0.15, 0.2) is 17.5 Å². The van der Waals surface area contributed by atoms with Crippen LogP contribution in [-0.2, 0) is 12.1 Å². The smallest absolute Gasteiger partial charge is 0.191 e. The van der Waals surface area contributed by atoms with Gasteiger partial charge in [-0.15, -0.1) is 11.6 Å². The lowest BCUT2D eigenvalue weighted by atomic mass is 9.88. The number of benzene rings is 3. The van der Waals surface area contributed by atoms with E-state index in [0.29, 0.717) is 29.5 Å². The molecule has 1 aliphatic heterocycles. The molecular weight excluding hydrogens is 515 g/mol. The number of ether oxygens (including phenoxy) is 1. The van der Waals surface area contributed by atoms with E-state index < -0.39 is 5.60 Å². The van der Waals surface area contributed by atoms with Gasteiger partial charge in [-0.1, -0.05) is 66.7 Å². The monoisotopic (exact) mass is 549 g/mol. The zero-order chi connectivity index (χ0) is 27.6. The van der Waals surface area contributed by atoms with E-state index in [4.69, 9.17) is 9.26 Å². The lowest BCUT2D eigenvalue weighted by molar-refractivity contribution is -0.923. The van der Waals surface area contributed by atoms with Crippen LogP contribution in [0.15, 0.2) is 77.3 Å². The molecule has 39 heavy (non-hydrogen) atoms. The lowest BCUT2D eigenvalue weighted by Gasteiger charge is -2.35. The molecule has 2 aliphatic rings. The van der Waals surface area contributed by atoms with Crippen molar-refractivity contribution < 1.29 is 23.7 Å². The SMILES string of the molecule is CCC1CC[NH+](Cc2cc(C3(O)c4ccccc4-c4ccccc43)no2)CC1Oc1ccc(C)c(F)c1.CCl. The summed E-state index contributed by atoms with van der Waals surface area (Å²) in [6.07, 6.45) is 3.51. The van der Waals surface area contributed by atoms with Crippen LogP contribution in [0.4, 0.5) is 4.39 Å². The van der Waals surface area contributed by atoms with Gasteiger partial charge in [-0.25, -0.2) is 4.39 Å². The number of piperidine rings is 1. The second kappa shape index (κ2) is 11.5. The summed E-state index contributed by atoms with van der Waals surface area (Å²) >= 11 is 4.64. The minimum atomic E-state index is -1.35. The topological polar surface area (TPSA) is 59.9 Å². The number of fused-ring (bicyclic) bond motifs is 3. The number of alkyl halides is 1. The van der Waals surface area contributed by atoms with E-state index in [-0.39, 0.29) is 11.9 Å². The second-order valence-corrected chi connectivity index (χ2v) is 10.4. The fraction of sp³-hybridized carbons (Fsp3) is 0.344. The van der Waals surface area contributed by atoms with E-state index >= 15 is 0 Å². The van der Waals surface area contributed by atoms with Crippen molar-refractivity contribution in [2.24, 2.45) is 5.92 Å². The number of aromatic nitrogens is 1. The van der Waals surface area contributed by atoms with Crippen molar-refractivity contribution >= 4 is 11.6 Å². The van der Waals surface area contributed by atoms with Crippen molar-refractivity contribution in [2.45, 2.75) is 44.9 Å². The summed E-state index contributed by atoms with van der Waals surface area (Å²) in [6.45, 7) is 6.37. The van der Waals surface area contributed by atoms with Crippen LogP contribution >= 0.6 is 11.6 Å². The summed E-state index contributed by atoms with van der Waals surface area (Å²) < 4.78 is 26.2. The van der Waals surface area contributed by atoms with Gasteiger partial charge in [0.25, 0.3) is 0 Å². The van der Waals surface area contributed by atoms with Gasteiger partial charge in [-0.3, -0.25) is 0 Å². The number of hydrogen-bond acceptors (Lipinski definition) is 4. The molecule has 1 aliphatic carbocycles. The molecule has 3 aromatic carbocycles. The molecular formula is C32H35ClFN2O3+. The van der Waals surface area contributed by atoms with Crippen LogP contribution in [0.25, 0.3) is 11.1 Å². The number of nitrogens with zero attached hydrogens (tertiary/aromatic N) is 1. The quantitative estimate of drug-likeness (QED) is 0.312. The Bertz CT molecular complexity index is 1390. The molecule has 2 heterocycles. The van der Waals surface area contributed by atoms with Crippen molar-refractivity contribution in [1.82, 2.24) is 5.16 Å². The Morgan fingerprint density at radius 1 is 1.05 bits per heavy atom. The van der Waals surface area contributed by atoms with Crippen LogP contribution in [0.2, 0.25) is 0 Å². The zero-order valence-corrected chi connectivity index (χ0v) is 23.3. The molecule has 0 bridgehead atoms. The molecule has 6 rings (SSSR count). The highest BCUT2D eigenvalue weighted by atomic mass is 35.5. The van der Waals surface area contributed by atoms with Crippen molar-refractivity contribution in [1.29, 1.82) is 0 Å². The number of aliphatic hydroxyl groups is 1. The molecule has 3 atom stereocenters. The number of hydrogen-bond donors (Lipinski definition) is 2. The third-order valence-electron chi connectivity index (χ3n) is 8.12. The second-order valence-electron chi connectivity index (χ2n) is 10.4. The molecule has 1 fully saturated rings. The number of quaternary nitrogens is 1. The summed E-state index contributed by atoms with van der Waals surface area (Å²) in [5, 5.41) is 16.4. The Balaban J connectivity index is 0.00000151. The van der Waals surface area contributed by atoms with Crippen molar-refractivity contribution in [3.8, 4) is 16.9 Å². The summed E-state index contributed by atoms with van der Waals surface area (Å²) in [7, 11) is 0. The highest BCUT2D eigenvalue weighted by Crippen LogP contribution is 2.50. The Hall–Kier alpha value is -3.19. The molecule has 3 unspecified atom stereocenters. The minimum Gasteiger partial charge on any atom is -0.484 e. The number of likely N-dealkylation sites (tertiary alicyclic amines) is 1. The largest absolute Gasteiger partial charge is 0.484 e. The van der Waals surface area contributed by atoms with Crippen molar-refractivity contribution in [3.63, 3.8) is 0 Å². The molecule has 1 aromatic heterocycles. The first-order valence-corrected chi connectivity index (χ1v) is 14.2. The Morgan fingerprint density at radius 3 is 2.36 bits per heavy atom. The minimum absolute atomic E-state index is 0.00369. The molecule has 204 valence electrons. The highest BCUT2D eigenvalue weighted by Gasteiger charge is 2.45. The summed E-state index contributed by atoms with van der Waals surface area (Å²) in [6, 6.07) is 22.8. The van der Waals surface area contributed by atoms with E-state index in [1.165, 1.54) is 17.3 Å². The van der Waals surface area contributed by atoms with Crippen LogP contribution in [-0.4, -0.2) is 35.8 Å². The van der Waals surface area contributed by atoms with Gasteiger partial charge in [-0.2, -0.15) is 0 Å². The highest BCUT2D eigenvalue weighted by molar-refractivity contribution is 6.15. The van der Waals surface area contributed by atoms with Crippen LogP contribution in [0.1, 0.15) is 47.9 Å². The van der Waals surface area contributed by atoms with Crippen molar-refractivity contribution in [2.75, 3.05) is 19.5 Å². The maximum absolute atomic E-state index is 14.1.